The van der Waals surface area contributed by atoms with Crippen LogP contribution in [0, 0.1) is 13.8 Å². The first kappa shape index (κ1) is 20.6. The molecule has 29 heavy (non-hydrogen) atoms. The Kier molecular flexibility index (Phi) is 6.00. The number of benzene rings is 1. The Labute approximate surface area is 166 Å². The van der Waals surface area contributed by atoms with E-state index in [9.17, 15) is 18.0 Å². The second-order valence-corrected chi connectivity index (χ2v) is 6.80. The van der Waals surface area contributed by atoms with Crippen LogP contribution < -0.4 is 5.32 Å². The number of nitrogens with one attached hydrogen (secondary N) is 2. The monoisotopic (exact) mass is 402 g/mol. The molecule has 0 aliphatic rings. The van der Waals surface area contributed by atoms with Crippen LogP contribution in [0.4, 0.5) is 13.2 Å². The molecule has 152 valence electrons. The number of imidazole rings is 1. The molecule has 3 aromatic rings. The number of hydrogen-bond acceptors (Lipinski definition) is 3. The van der Waals surface area contributed by atoms with Crippen LogP contribution in [-0.2, 0) is 17.4 Å². The molecule has 1 amide bonds. The molecule has 0 radical (unpaired) electrons. The van der Waals surface area contributed by atoms with Crippen molar-refractivity contribution in [1.82, 2.24) is 20.3 Å². The van der Waals surface area contributed by atoms with E-state index in [1.54, 1.807) is 24.4 Å². The topological polar surface area (TPSA) is 70.7 Å². The molecule has 0 saturated heterocycles. The molecule has 0 fully saturated rings. The van der Waals surface area contributed by atoms with Crippen molar-refractivity contribution in [3.8, 4) is 0 Å². The summed E-state index contributed by atoms with van der Waals surface area (Å²) in [6.07, 6.45) is -0.806. The molecule has 1 aromatic carbocycles. The Bertz CT molecular complexity index is 964. The first-order chi connectivity index (χ1) is 13.7. The fourth-order valence-corrected chi connectivity index (χ4v) is 3.01. The number of halogens is 3. The SMILES string of the molecule is Cc1nc(CCC(=O)NC(c2cccnc2)c2cccc(C(F)(F)F)c2)[nH]c1C. The summed E-state index contributed by atoms with van der Waals surface area (Å²) < 4.78 is 39.4. The van der Waals surface area contributed by atoms with Crippen molar-refractivity contribution in [2.45, 2.75) is 38.9 Å². The first-order valence-corrected chi connectivity index (χ1v) is 9.12. The van der Waals surface area contributed by atoms with Gasteiger partial charge < -0.3 is 10.3 Å². The quantitative estimate of drug-likeness (QED) is 0.647. The zero-order chi connectivity index (χ0) is 21.0. The Morgan fingerprint density at radius 3 is 2.55 bits per heavy atom. The summed E-state index contributed by atoms with van der Waals surface area (Å²) in [5.74, 6) is 0.412. The molecule has 2 aromatic heterocycles. The van der Waals surface area contributed by atoms with Crippen molar-refractivity contribution in [2.24, 2.45) is 0 Å². The number of carbonyl (C=O) groups excluding carboxylic acids is 1. The van der Waals surface area contributed by atoms with Crippen LogP contribution in [0.1, 0.15) is 46.4 Å². The molecule has 3 rings (SSSR count). The average Bonchev–Trinajstić information content (AvgIpc) is 3.02. The van der Waals surface area contributed by atoms with Crippen molar-refractivity contribution in [3.05, 3.63) is 82.7 Å². The number of amides is 1. The summed E-state index contributed by atoms with van der Waals surface area (Å²) in [5.41, 5.74) is 1.99. The maximum Gasteiger partial charge on any atom is 0.416 e. The highest BCUT2D eigenvalue weighted by atomic mass is 19.4. The number of carbonyl (C=O) groups is 1. The number of pyridine rings is 1. The van der Waals surface area contributed by atoms with E-state index in [1.807, 2.05) is 13.8 Å². The van der Waals surface area contributed by atoms with Crippen molar-refractivity contribution < 1.29 is 18.0 Å². The number of aryl methyl sites for hydroxylation is 3. The predicted molar refractivity (Wildman–Crippen MR) is 102 cm³/mol. The molecule has 2 heterocycles. The van der Waals surface area contributed by atoms with E-state index in [1.165, 1.54) is 12.3 Å². The molecular formula is C21H21F3N4O. The summed E-state index contributed by atoms with van der Waals surface area (Å²) in [7, 11) is 0. The number of aromatic nitrogens is 3. The number of H-pyrrole nitrogens is 1. The van der Waals surface area contributed by atoms with Crippen LogP contribution >= 0.6 is 0 Å². The highest BCUT2D eigenvalue weighted by Gasteiger charge is 2.31. The van der Waals surface area contributed by atoms with Crippen LogP contribution in [-0.4, -0.2) is 20.9 Å². The van der Waals surface area contributed by atoms with Gasteiger partial charge in [0.15, 0.2) is 0 Å². The van der Waals surface area contributed by atoms with Gasteiger partial charge in [-0.2, -0.15) is 13.2 Å². The van der Waals surface area contributed by atoms with Crippen molar-refractivity contribution >= 4 is 5.91 Å². The molecule has 8 heteroatoms. The van der Waals surface area contributed by atoms with Gasteiger partial charge in [0.1, 0.15) is 5.82 Å². The Hall–Kier alpha value is -3.16. The van der Waals surface area contributed by atoms with E-state index in [0.29, 0.717) is 23.4 Å². The maximum atomic E-state index is 13.1. The highest BCUT2D eigenvalue weighted by molar-refractivity contribution is 5.77. The summed E-state index contributed by atoms with van der Waals surface area (Å²) in [4.78, 5) is 24.0. The van der Waals surface area contributed by atoms with Gasteiger partial charge in [-0.15, -0.1) is 0 Å². The summed E-state index contributed by atoms with van der Waals surface area (Å²) in [6, 6.07) is 7.62. The Balaban J connectivity index is 1.80. The van der Waals surface area contributed by atoms with Crippen molar-refractivity contribution in [1.29, 1.82) is 0 Å². The lowest BCUT2D eigenvalue weighted by molar-refractivity contribution is -0.137. The summed E-state index contributed by atoms with van der Waals surface area (Å²) >= 11 is 0. The number of rotatable bonds is 6. The van der Waals surface area contributed by atoms with Gasteiger partial charge in [0.25, 0.3) is 0 Å². The van der Waals surface area contributed by atoms with Gasteiger partial charge in [-0.3, -0.25) is 9.78 Å². The Morgan fingerprint density at radius 1 is 1.17 bits per heavy atom. The molecular weight excluding hydrogens is 381 g/mol. The molecule has 0 aliphatic heterocycles. The minimum Gasteiger partial charge on any atom is -0.346 e. The summed E-state index contributed by atoms with van der Waals surface area (Å²) in [5, 5.41) is 2.83. The normalized spacial score (nSPS) is 12.6. The third kappa shape index (κ3) is 5.22. The lowest BCUT2D eigenvalue weighted by Crippen LogP contribution is -2.30. The molecule has 5 nitrogen and oxygen atoms in total. The highest BCUT2D eigenvalue weighted by Crippen LogP contribution is 2.32. The fraction of sp³-hybridized carbons (Fsp3) is 0.286. The molecule has 0 aliphatic carbocycles. The molecule has 1 unspecified atom stereocenters. The zero-order valence-corrected chi connectivity index (χ0v) is 16.0. The van der Waals surface area contributed by atoms with Gasteiger partial charge in [-0.25, -0.2) is 4.98 Å². The van der Waals surface area contributed by atoms with E-state index in [0.717, 1.165) is 23.5 Å². The van der Waals surface area contributed by atoms with E-state index in [2.05, 4.69) is 20.3 Å². The van der Waals surface area contributed by atoms with Crippen LogP contribution in [0.3, 0.4) is 0 Å². The minimum atomic E-state index is -4.46. The lowest BCUT2D eigenvalue weighted by Gasteiger charge is -2.20. The Morgan fingerprint density at radius 2 is 1.93 bits per heavy atom. The van der Waals surface area contributed by atoms with Gasteiger partial charge in [0.2, 0.25) is 5.91 Å². The number of hydrogen-bond donors (Lipinski definition) is 2. The van der Waals surface area contributed by atoms with Crippen LogP contribution in [0.15, 0.2) is 48.8 Å². The first-order valence-electron chi connectivity index (χ1n) is 9.12. The second-order valence-electron chi connectivity index (χ2n) is 6.80. The minimum absolute atomic E-state index is 0.155. The molecule has 2 N–H and O–H groups in total. The van der Waals surface area contributed by atoms with Gasteiger partial charge in [0, 0.05) is 30.9 Å². The summed E-state index contributed by atoms with van der Waals surface area (Å²) in [6.45, 7) is 3.78. The molecule has 1 atom stereocenters. The molecule has 0 bridgehead atoms. The van der Waals surface area contributed by atoms with Gasteiger partial charge in [-0.1, -0.05) is 18.2 Å². The molecule has 0 spiro atoms. The second kappa shape index (κ2) is 8.46. The smallest absolute Gasteiger partial charge is 0.346 e. The zero-order valence-electron chi connectivity index (χ0n) is 16.0. The van der Waals surface area contributed by atoms with Crippen molar-refractivity contribution in [3.63, 3.8) is 0 Å². The standard InChI is InChI=1S/C21H21F3N4O/c1-13-14(2)27-18(26-13)8-9-19(29)28-20(16-6-4-10-25-12-16)15-5-3-7-17(11-15)21(22,23)24/h3-7,10-12,20H,8-9H2,1-2H3,(H,26,27)(H,28,29). The van der Waals surface area contributed by atoms with Gasteiger partial charge in [0.05, 0.1) is 17.3 Å². The third-order valence-corrected chi connectivity index (χ3v) is 4.64. The third-order valence-electron chi connectivity index (χ3n) is 4.64. The van der Waals surface area contributed by atoms with E-state index in [-0.39, 0.29) is 12.3 Å². The number of aromatic amines is 1. The van der Waals surface area contributed by atoms with E-state index >= 15 is 0 Å². The van der Waals surface area contributed by atoms with Gasteiger partial charge in [-0.05, 0) is 43.2 Å². The largest absolute Gasteiger partial charge is 0.416 e. The predicted octanol–water partition coefficient (Wildman–Crippen LogP) is 4.28. The maximum absolute atomic E-state index is 13.1. The number of alkyl halides is 3. The van der Waals surface area contributed by atoms with Crippen LogP contribution in [0.25, 0.3) is 0 Å². The van der Waals surface area contributed by atoms with E-state index < -0.39 is 17.8 Å². The lowest BCUT2D eigenvalue weighted by atomic mass is 9.98. The van der Waals surface area contributed by atoms with Gasteiger partial charge >= 0.3 is 6.18 Å². The fourth-order valence-electron chi connectivity index (χ4n) is 3.01. The van der Waals surface area contributed by atoms with Crippen LogP contribution in [0.5, 0.6) is 0 Å². The van der Waals surface area contributed by atoms with Crippen molar-refractivity contribution in [2.75, 3.05) is 0 Å². The molecule has 0 saturated carbocycles. The number of nitrogens with zero attached hydrogens (tertiary/aromatic N) is 2. The average molecular weight is 402 g/mol. The van der Waals surface area contributed by atoms with E-state index in [4.69, 9.17) is 0 Å². The van der Waals surface area contributed by atoms with Crippen LogP contribution in [0.2, 0.25) is 0 Å².